The molecule has 3 rings (SSSR count). The predicted octanol–water partition coefficient (Wildman–Crippen LogP) is 3.67. The Kier molecular flexibility index (Phi) is 3.90. The van der Waals surface area contributed by atoms with Gasteiger partial charge in [-0.25, -0.2) is 0 Å². The summed E-state index contributed by atoms with van der Waals surface area (Å²) in [5.74, 6) is -0.306. The number of thiophene rings is 1. The smallest absolute Gasteiger partial charge is 0.257 e. The molecule has 21 heavy (non-hydrogen) atoms. The maximum atomic E-state index is 12.2. The van der Waals surface area contributed by atoms with Crippen molar-refractivity contribution >= 4 is 44.1 Å². The SMILES string of the molecule is N=c1oc2ccc(Br)cc2cc1C(=O)NCc1cccs1. The molecule has 2 aromatic heterocycles. The van der Waals surface area contributed by atoms with Gasteiger partial charge in [0.1, 0.15) is 11.1 Å². The van der Waals surface area contributed by atoms with Crippen LogP contribution in [0.5, 0.6) is 0 Å². The van der Waals surface area contributed by atoms with Crippen LogP contribution in [0.1, 0.15) is 15.2 Å². The molecule has 2 N–H and O–H groups in total. The van der Waals surface area contributed by atoms with Gasteiger partial charge in [0.25, 0.3) is 5.91 Å². The molecule has 0 bridgehead atoms. The molecule has 0 saturated carbocycles. The molecule has 0 radical (unpaired) electrons. The Bertz CT molecular complexity index is 856. The molecule has 106 valence electrons. The Labute approximate surface area is 133 Å². The molecule has 1 amide bonds. The fourth-order valence-electron chi connectivity index (χ4n) is 1.96. The Hall–Kier alpha value is -1.92. The van der Waals surface area contributed by atoms with Crippen molar-refractivity contribution in [1.29, 1.82) is 5.41 Å². The summed E-state index contributed by atoms with van der Waals surface area (Å²) < 4.78 is 6.29. The molecule has 3 aromatic rings. The van der Waals surface area contributed by atoms with Crippen molar-refractivity contribution in [2.24, 2.45) is 0 Å². The van der Waals surface area contributed by atoms with E-state index in [4.69, 9.17) is 9.83 Å². The normalized spacial score (nSPS) is 10.7. The van der Waals surface area contributed by atoms with Gasteiger partial charge in [-0.3, -0.25) is 10.2 Å². The molecular weight excluding hydrogens is 352 g/mol. The van der Waals surface area contributed by atoms with Gasteiger partial charge in [0, 0.05) is 14.7 Å². The van der Waals surface area contributed by atoms with E-state index in [1.165, 1.54) is 0 Å². The van der Waals surface area contributed by atoms with E-state index in [-0.39, 0.29) is 17.0 Å². The fourth-order valence-corrected chi connectivity index (χ4v) is 2.98. The van der Waals surface area contributed by atoms with Crippen LogP contribution in [0.4, 0.5) is 0 Å². The third-order valence-electron chi connectivity index (χ3n) is 2.98. The number of fused-ring (bicyclic) bond motifs is 1. The van der Waals surface area contributed by atoms with Crippen LogP contribution in [0, 0.1) is 5.41 Å². The highest BCUT2D eigenvalue weighted by molar-refractivity contribution is 9.10. The van der Waals surface area contributed by atoms with Gasteiger partial charge in [0.15, 0.2) is 0 Å². The summed E-state index contributed by atoms with van der Waals surface area (Å²) in [5.41, 5.74) is 0.684. The predicted molar refractivity (Wildman–Crippen MR) is 85.3 cm³/mol. The number of rotatable bonds is 3. The van der Waals surface area contributed by atoms with Crippen LogP contribution in [0.15, 0.2) is 50.7 Å². The highest BCUT2D eigenvalue weighted by Crippen LogP contribution is 2.19. The Balaban J connectivity index is 1.90. The highest BCUT2D eigenvalue weighted by atomic mass is 79.9. The molecule has 0 aliphatic heterocycles. The van der Waals surface area contributed by atoms with Crippen LogP contribution in [0.25, 0.3) is 11.0 Å². The molecule has 0 aliphatic rings. The number of benzene rings is 1. The lowest BCUT2D eigenvalue weighted by molar-refractivity contribution is 0.0947. The second kappa shape index (κ2) is 5.83. The van der Waals surface area contributed by atoms with E-state index in [9.17, 15) is 4.79 Å². The van der Waals surface area contributed by atoms with Crippen LogP contribution in [-0.2, 0) is 6.54 Å². The minimum absolute atomic E-state index is 0.131. The minimum Gasteiger partial charge on any atom is -0.438 e. The first-order valence-corrected chi connectivity index (χ1v) is 7.89. The van der Waals surface area contributed by atoms with E-state index in [0.717, 1.165) is 14.7 Å². The maximum Gasteiger partial charge on any atom is 0.257 e. The third-order valence-corrected chi connectivity index (χ3v) is 4.35. The van der Waals surface area contributed by atoms with E-state index >= 15 is 0 Å². The maximum absolute atomic E-state index is 12.2. The molecule has 0 saturated heterocycles. The number of halogens is 1. The lowest BCUT2D eigenvalue weighted by atomic mass is 10.2. The average Bonchev–Trinajstić information content (AvgIpc) is 2.98. The number of amides is 1. The average molecular weight is 363 g/mol. The van der Waals surface area contributed by atoms with Crippen LogP contribution >= 0.6 is 27.3 Å². The van der Waals surface area contributed by atoms with Gasteiger partial charge in [-0.05, 0) is 35.7 Å². The number of hydrogen-bond donors (Lipinski definition) is 2. The summed E-state index contributed by atoms with van der Waals surface area (Å²) in [6, 6.07) is 11.0. The van der Waals surface area contributed by atoms with E-state index in [2.05, 4.69) is 21.2 Å². The van der Waals surface area contributed by atoms with Gasteiger partial charge >= 0.3 is 0 Å². The van der Waals surface area contributed by atoms with Crippen molar-refractivity contribution in [1.82, 2.24) is 5.32 Å². The Morgan fingerprint density at radius 3 is 2.95 bits per heavy atom. The van der Waals surface area contributed by atoms with Crippen LogP contribution in [0.3, 0.4) is 0 Å². The molecule has 6 heteroatoms. The lowest BCUT2D eigenvalue weighted by Gasteiger charge is -2.05. The van der Waals surface area contributed by atoms with E-state index in [0.29, 0.717) is 12.1 Å². The second-order valence-electron chi connectivity index (χ2n) is 4.43. The standard InChI is InChI=1S/C15H11BrN2O2S/c16-10-3-4-13-9(6-10)7-12(14(17)20-13)15(19)18-8-11-2-1-5-21-11/h1-7,17H,8H2,(H,18,19). The first kappa shape index (κ1) is 14.0. The summed E-state index contributed by atoms with van der Waals surface area (Å²) in [7, 11) is 0. The van der Waals surface area contributed by atoms with Gasteiger partial charge in [0.2, 0.25) is 5.55 Å². The van der Waals surface area contributed by atoms with Crippen molar-refractivity contribution in [2.75, 3.05) is 0 Å². The van der Waals surface area contributed by atoms with Gasteiger partial charge < -0.3 is 9.73 Å². The van der Waals surface area contributed by atoms with Crippen molar-refractivity contribution in [3.8, 4) is 0 Å². The first-order valence-electron chi connectivity index (χ1n) is 6.22. The number of carbonyl (C=O) groups excluding carboxylic acids is 1. The van der Waals surface area contributed by atoms with Crippen LogP contribution in [-0.4, -0.2) is 5.91 Å². The zero-order valence-corrected chi connectivity index (χ0v) is 13.3. The molecule has 0 fully saturated rings. The lowest BCUT2D eigenvalue weighted by Crippen LogP contribution is -2.27. The molecule has 0 atom stereocenters. The molecule has 4 nitrogen and oxygen atoms in total. The number of hydrogen-bond acceptors (Lipinski definition) is 4. The van der Waals surface area contributed by atoms with Crippen molar-refractivity contribution in [3.63, 3.8) is 0 Å². The zero-order valence-electron chi connectivity index (χ0n) is 10.9. The highest BCUT2D eigenvalue weighted by Gasteiger charge is 2.11. The van der Waals surface area contributed by atoms with Gasteiger partial charge in [-0.15, -0.1) is 11.3 Å². The van der Waals surface area contributed by atoms with Crippen LogP contribution in [0.2, 0.25) is 0 Å². The summed E-state index contributed by atoms with van der Waals surface area (Å²) in [4.78, 5) is 13.3. The molecule has 0 spiro atoms. The molecular formula is C15H11BrN2O2S. The van der Waals surface area contributed by atoms with E-state index in [1.54, 1.807) is 23.5 Å². The van der Waals surface area contributed by atoms with Gasteiger partial charge in [-0.2, -0.15) is 0 Å². The van der Waals surface area contributed by atoms with Crippen LogP contribution < -0.4 is 10.9 Å². The topological polar surface area (TPSA) is 66.1 Å². The monoisotopic (exact) mass is 362 g/mol. The third kappa shape index (κ3) is 3.06. The largest absolute Gasteiger partial charge is 0.438 e. The molecule has 0 aliphatic carbocycles. The molecule has 1 aromatic carbocycles. The Morgan fingerprint density at radius 2 is 2.19 bits per heavy atom. The van der Waals surface area contributed by atoms with E-state index < -0.39 is 0 Å². The summed E-state index contributed by atoms with van der Waals surface area (Å²) in [6.45, 7) is 0.451. The molecule has 0 unspecified atom stereocenters. The van der Waals surface area contributed by atoms with Crippen molar-refractivity contribution in [2.45, 2.75) is 6.54 Å². The minimum atomic E-state index is -0.306. The summed E-state index contributed by atoms with van der Waals surface area (Å²) in [6.07, 6.45) is 0. The summed E-state index contributed by atoms with van der Waals surface area (Å²) >= 11 is 4.96. The van der Waals surface area contributed by atoms with Crippen molar-refractivity contribution < 1.29 is 9.21 Å². The van der Waals surface area contributed by atoms with Gasteiger partial charge in [-0.1, -0.05) is 22.0 Å². The summed E-state index contributed by atoms with van der Waals surface area (Å²) in [5, 5.41) is 13.4. The molecule has 2 heterocycles. The van der Waals surface area contributed by atoms with Crippen molar-refractivity contribution in [3.05, 3.63) is 62.2 Å². The first-order chi connectivity index (χ1) is 10.1. The number of carbonyl (C=O) groups is 1. The number of nitrogens with one attached hydrogen (secondary N) is 2. The van der Waals surface area contributed by atoms with Gasteiger partial charge in [0.05, 0.1) is 6.54 Å². The quantitative estimate of drug-likeness (QED) is 0.746. The Morgan fingerprint density at radius 1 is 1.33 bits per heavy atom. The zero-order chi connectivity index (χ0) is 14.8. The van der Waals surface area contributed by atoms with E-state index in [1.807, 2.05) is 29.6 Å². The fraction of sp³-hybridized carbons (Fsp3) is 0.0667. The second-order valence-corrected chi connectivity index (χ2v) is 6.38.